The highest BCUT2D eigenvalue weighted by Crippen LogP contribution is 2.19. The Morgan fingerprint density at radius 3 is 2.25 bits per heavy atom. The molecule has 3 aromatic rings. The minimum atomic E-state index is -0.127. The molecular weight excluding hydrogens is 374 g/mol. The van der Waals surface area contributed by atoms with Crippen molar-refractivity contribution in [2.45, 2.75) is 20.1 Å². The van der Waals surface area contributed by atoms with Crippen LogP contribution in [0.3, 0.4) is 0 Å². The van der Waals surface area contributed by atoms with Crippen LogP contribution in [0.2, 0.25) is 5.02 Å². The molecule has 0 aromatic heterocycles. The first kappa shape index (κ1) is 19.8. The number of carbonyl (C=O) groups excluding carboxylic acids is 1. The Hall–Kier alpha value is -2.98. The first-order chi connectivity index (χ1) is 13.6. The Morgan fingerprint density at radius 1 is 0.893 bits per heavy atom. The van der Waals surface area contributed by atoms with E-state index in [1.807, 2.05) is 73.7 Å². The average Bonchev–Trinajstić information content (AvgIpc) is 2.73. The second kappa shape index (κ2) is 9.81. The molecule has 4 nitrogen and oxygen atoms in total. The molecule has 0 saturated heterocycles. The van der Waals surface area contributed by atoms with Crippen LogP contribution < -0.4 is 14.8 Å². The van der Waals surface area contributed by atoms with Crippen LogP contribution in [0, 0.1) is 0 Å². The second-order valence-electron chi connectivity index (χ2n) is 6.20. The topological polar surface area (TPSA) is 47.6 Å². The van der Waals surface area contributed by atoms with Gasteiger partial charge in [0.05, 0.1) is 6.61 Å². The summed E-state index contributed by atoms with van der Waals surface area (Å²) in [6.07, 6.45) is 0. The molecule has 144 valence electrons. The monoisotopic (exact) mass is 395 g/mol. The van der Waals surface area contributed by atoms with Crippen molar-refractivity contribution in [3.8, 4) is 11.5 Å². The van der Waals surface area contributed by atoms with Gasteiger partial charge in [0, 0.05) is 17.1 Å². The van der Waals surface area contributed by atoms with Gasteiger partial charge in [-0.05, 0) is 66.6 Å². The highest BCUT2D eigenvalue weighted by Gasteiger charge is 2.07. The molecule has 0 bridgehead atoms. The molecule has 0 aliphatic rings. The molecule has 0 spiro atoms. The fourth-order valence-corrected chi connectivity index (χ4v) is 2.78. The van der Waals surface area contributed by atoms with E-state index < -0.39 is 0 Å². The van der Waals surface area contributed by atoms with Crippen molar-refractivity contribution in [3.63, 3.8) is 0 Å². The fraction of sp³-hybridized carbons (Fsp3) is 0.174. The van der Waals surface area contributed by atoms with Crippen LogP contribution in [-0.2, 0) is 13.2 Å². The standard InChI is InChI=1S/C23H22ClNO3/c1-2-27-21-10-12-22(13-11-21)28-16-18-4-3-5-19(14-18)23(26)25-15-17-6-8-20(24)9-7-17/h3-14H,2,15-16H2,1H3,(H,25,26). The lowest BCUT2D eigenvalue weighted by Gasteiger charge is -2.10. The molecule has 0 aliphatic heterocycles. The van der Waals surface area contributed by atoms with Gasteiger partial charge in [0.15, 0.2) is 0 Å². The highest BCUT2D eigenvalue weighted by molar-refractivity contribution is 6.30. The van der Waals surface area contributed by atoms with Crippen molar-refractivity contribution in [2.75, 3.05) is 6.61 Å². The van der Waals surface area contributed by atoms with E-state index in [0.29, 0.717) is 30.3 Å². The SMILES string of the molecule is CCOc1ccc(OCc2cccc(C(=O)NCc3ccc(Cl)cc3)c2)cc1. The van der Waals surface area contributed by atoms with Gasteiger partial charge in [-0.2, -0.15) is 0 Å². The summed E-state index contributed by atoms with van der Waals surface area (Å²) in [5.41, 5.74) is 2.52. The predicted octanol–water partition coefficient (Wildman–Crippen LogP) is 5.25. The van der Waals surface area contributed by atoms with Gasteiger partial charge in [-0.3, -0.25) is 4.79 Å². The third kappa shape index (κ3) is 5.76. The van der Waals surface area contributed by atoms with E-state index in [1.54, 1.807) is 6.07 Å². The molecule has 1 amide bonds. The minimum Gasteiger partial charge on any atom is -0.494 e. The molecule has 5 heteroatoms. The maximum absolute atomic E-state index is 12.4. The van der Waals surface area contributed by atoms with Crippen LogP contribution in [0.5, 0.6) is 11.5 Å². The Morgan fingerprint density at radius 2 is 1.57 bits per heavy atom. The molecule has 3 rings (SSSR count). The normalized spacial score (nSPS) is 10.4. The maximum atomic E-state index is 12.4. The van der Waals surface area contributed by atoms with E-state index in [4.69, 9.17) is 21.1 Å². The van der Waals surface area contributed by atoms with Crippen LogP contribution in [-0.4, -0.2) is 12.5 Å². The number of rotatable bonds is 8. The van der Waals surface area contributed by atoms with E-state index in [9.17, 15) is 4.79 Å². The molecule has 1 N–H and O–H groups in total. The van der Waals surface area contributed by atoms with Gasteiger partial charge in [0.1, 0.15) is 18.1 Å². The summed E-state index contributed by atoms with van der Waals surface area (Å²) in [4.78, 5) is 12.4. The van der Waals surface area contributed by atoms with E-state index in [-0.39, 0.29) is 5.91 Å². The third-order valence-electron chi connectivity index (χ3n) is 4.10. The summed E-state index contributed by atoms with van der Waals surface area (Å²) in [6.45, 7) is 3.41. The predicted molar refractivity (Wildman–Crippen MR) is 111 cm³/mol. The van der Waals surface area contributed by atoms with Crippen molar-refractivity contribution in [1.82, 2.24) is 5.32 Å². The number of hydrogen-bond donors (Lipinski definition) is 1. The summed E-state index contributed by atoms with van der Waals surface area (Å²) in [6, 6.07) is 22.3. The van der Waals surface area contributed by atoms with Gasteiger partial charge in [-0.15, -0.1) is 0 Å². The molecule has 0 unspecified atom stereocenters. The highest BCUT2D eigenvalue weighted by atomic mass is 35.5. The first-order valence-corrected chi connectivity index (χ1v) is 9.49. The Balaban J connectivity index is 1.55. The molecular formula is C23H22ClNO3. The van der Waals surface area contributed by atoms with Gasteiger partial charge in [-0.25, -0.2) is 0 Å². The molecule has 0 fully saturated rings. The van der Waals surface area contributed by atoms with Crippen LogP contribution in [0.15, 0.2) is 72.8 Å². The zero-order valence-corrected chi connectivity index (χ0v) is 16.4. The summed E-state index contributed by atoms with van der Waals surface area (Å²) in [5.74, 6) is 1.44. The summed E-state index contributed by atoms with van der Waals surface area (Å²) >= 11 is 5.88. The van der Waals surface area contributed by atoms with Crippen LogP contribution in [0.4, 0.5) is 0 Å². The van der Waals surface area contributed by atoms with Crippen molar-refractivity contribution < 1.29 is 14.3 Å². The van der Waals surface area contributed by atoms with Crippen LogP contribution in [0.25, 0.3) is 0 Å². The van der Waals surface area contributed by atoms with Crippen molar-refractivity contribution in [3.05, 3.63) is 94.5 Å². The fourth-order valence-electron chi connectivity index (χ4n) is 2.65. The van der Waals surface area contributed by atoms with E-state index in [1.165, 1.54) is 0 Å². The number of amides is 1. The maximum Gasteiger partial charge on any atom is 0.251 e. The largest absolute Gasteiger partial charge is 0.494 e. The first-order valence-electron chi connectivity index (χ1n) is 9.11. The molecule has 28 heavy (non-hydrogen) atoms. The van der Waals surface area contributed by atoms with E-state index in [0.717, 1.165) is 22.6 Å². The molecule has 3 aromatic carbocycles. The number of benzene rings is 3. The van der Waals surface area contributed by atoms with Gasteiger partial charge in [0.25, 0.3) is 5.91 Å². The minimum absolute atomic E-state index is 0.127. The number of hydrogen-bond acceptors (Lipinski definition) is 3. The van der Waals surface area contributed by atoms with Crippen molar-refractivity contribution >= 4 is 17.5 Å². The average molecular weight is 396 g/mol. The lowest BCUT2D eigenvalue weighted by Crippen LogP contribution is -2.22. The van der Waals surface area contributed by atoms with Gasteiger partial charge < -0.3 is 14.8 Å². The number of carbonyl (C=O) groups is 1. The molecule has 0 aliphatic carbocycles. The Bertz CT molecular complexity index is 908. The second-order valence-corrected chi connectivity index (χ2v) is 6.64. The summed E-state index contributed by atoms with van der Waals surface area (Å²) in [7, 11) is 0. The van der Waals surface area contributed by atoms with Crippen molar-refractivity contribution in [2.24, 2.45) is 0 Å². The van der Waals surface area contributed by atoms with Gasteiger partial charge >= 0.3 is 0 Å². The molecule has 0 saturated carbocycles. The van der Waals surface area contributed by atoms with Gasteiger partial charge in [0.2, 0.25) is 0 Å². The summed E-state index contributed by atoms with van der Waals surface area (Å²) in [5, 5.41) is 3.59. The molecule has 0 atom stereocenters. The number of halogens is 1. The van der Waals surface area contributed by atoms with Crippen LogP contribution in [0.1, 0.15) is 28.4 Å². The summed E-state index contributed by atoms with van der Waals surface area (Å²) < 4.78 is 11.2. The molecule has 0 heterocycles. The van der Waals surface area contributed by atoms with Crippen LogP contribution >= 0.6 is 11.6 Å². The lowest BCUT2D eigenvalue weighted by atomic mass is 10.1. The zero-order chi connectivity index (χ0) is 19.8. The lowest BCUT2D eigenvalue weighted by molar-refractivity contribution is 0.0950. The number of nitrogens with one attached hydrogen (secondary N) is 1. The Labute approximate surface area is 170 Å². The quantitative estimate of drug-likeness (QED) is 0.566. The molecule has 0 radical (unpaired) electrons. The van der Waals surface area contributed by atoms with Gasteiger partial charge in [-0.1, -0.05) is 35.9 Å². The third-order valence-corrected chi connectivity index (χ3v) is 4.35. The Kier molecular flexibility index (Phi) is 6.93. The van der Waals surface area contributed by atoms with E-state index >= 15 is 0 Å². The zero-order valence-electron chi connectivity index (χ0n) is 15.7. The van der Waals surface area contributed by atoms with E-state index in [2.05, 4.69) is 5.32 Å². The smallest absolute Gasteiger partial charge is 0.251 e. The number of ether oxygens (including phenoxy) is 2. The van der Waals surface area contributed by atoms with Crippen molar-refractivity contribution in [1.29, 1.82) is 0 Å².